The molecule has 0 spiro atoms. The predicted octanol–water partition coefficient (Wildman–Crippen LogP) is 3.21. The van der Waals surface area contributed by atoms with Crippen LogP contribution >= 0.6 is 0 Å². The Hall–Kier alpha value is -2.10. The average Bonchev–Trinajstić information content (AvgIpc) is 3.06. The number of aldehydes is 2. The maximum absolute atomic E-state index is 10.7. The van der Waals surface area contributed by atoms with Gasteiger partial charge in [-0.05, 0) is 37.6 Å². The monoisotopic (exact) mass is 246 g/mol. The molecule has 2 rings (SSSR count). The Morgan fingerprint density at radius 2 is 1.44 bits per heavy atom. The van der Waals surface area contributed by atoms with Crippen molar-refractivity contribution in [2.24, 2.45) is 0 Å². The van der Waals surface area contributed by atoms with E-state index in [1.807, 2.05) is 13.8 Å². The van der Waals surface area contributed by atoms with Gasteiger partial charge in [0.2, 0.25) is 0 Å². The highest BCUT2D eigenvalue weighted by atomic mass is 16.4. The summed E-state index contributed by atoms with van der Waals surface area (Å²) in [5.74, 6) is 1.87. The Kier molecular flexibility index (Phi) is 3.19. The Bertz CT molecular complexity index is 516. The quantitative estimate of drug-likeness (QED) is 0.760. The molecule has 4 heteroatoms. The fraction of sp³-hybridized carbons (Fsp3) is 0.286. The van der Waals surface area contributed by atoms with Crippen molar-refractivity contribution in [1.82, 2.24) is 0 Å². The predicted molar refractivity (Wildman–Crippen MR) is 64.9 cm³/mol. The molecule has 0 bridgehead atoms. The Morgan fingerprint density at radius 1 is 1.00 bits per heavy atom. The first-order valence-electron chi connectivity index (χ1n) is 5.75. The van der Waals surface area contributed by atoms with Gasteiger partial charge in [0, 0.05) is 0 Å². The number of hydrogen-bond donors (Lipinski definition) is 0. The van der Waals surface area contributed by atoms with Crippen molar-refractivity contribution in [2.45, 2.75) is 25.7 Å². The third-order valence-electron chi connectivity index (χ3n) is 3.28. The molecule has 2 heterocycles. The van der Waals surface area contributed by atoms with Crippen LogP contribution in [0.1, 0.15) is 52.9 Å². The smallest absolute Gasteiger partial charge is 0.185 e. The summed E-state index contributed by atoms with van der Waals surface area (Å²) in [5, 5.41) is 0. The summed E-state index contributed by atoms with van der Waals surface area (Å²) in [6.45, 7) is 3.94. The SMILES string of the molecule is CCC(C)(c1ccc(C=O)o1)c1ccc(C=O)o1. The van der Waals surface area contributed by atoms with Gasteiger partial charge in [0.05, 0.1) is 5.41 Å². The topological polar surface area (TPSA) is 60.4 Å². The highest BCUT2D eigenvalue weighted by Crippen LogP contribution is 2.36. The van der Waals surface area contributed by atoms with Crippen LogP contribution in [-0.4, -0.2) is 12.6 Å². The number of carbonyl (C=O) groups is 2. The molecule has 0 atom stereocenters. The summed E-state index contributed by atoms with van der Waals surface area (Å²) in [7, 11) is 0. The van der Waals surface area contributed by atoms with E-state index in [1.165, 1.54) is 0 Å². The van der Waals surface area contributed by atoms with Crippen molar-refractivity contribution in [3.8, 4) is 0 Å². The van der Waals surface area contributed by atoms with E-state index in [-0.39, 0.29) is 11.5 Å². The molecule has 0 unspecified atom stereocenters. The van der Waals surface area contributed by atoms with Crippen LogP contribution in [0, 0.1) is 0 Å². The first-order chi connectivity index (χ1) is 8.63. The van der Waals surface area contributed by atoms with E-state index in [0.29, 0.717) is 24.1 Å². The van der Waals surface area contributed by atoms with Gasteiger partial charge in [-0.1, -0.05) is 6.92 Å². The lowest BCUT2D eigenvalue weighted by atomic mass is 9.82. The molecule has 18 heavy (non-hydrogen) atoms. The molecule has 94 valence electrons. The lowest BCUT2D eigenvalue weighted by Crippen LogP contribution is -2.21. The molecule has 0 radical (unpaired) electrons. The molecule has 2 aromatic heterocycles. The first-order valence-corrected chi connectivity index (χ1v) is 5.75. The number of rotatable bonds is 5. The van der Waals surface area contributed by atoms with E-state index >= 15 is 0 Å². The molecule has 2 aromatic rings. The number of hydrogen-bond acceptors (Lipinski definition) is 4. The second-order valence-corrected chi connectivity index (χ2v) is 4.33. The van der Waals surface area contributed by atoms with Gasteiger partial charge >= 0.3 is 0 Å². The molecule has 4 nitrogen and oxygen atoms in total. The average molecular weight is 246 g/mol. The zero-order valence-corrected chi connectivity index (χ0v) is 10.3. The molecule has 0 aliphatic heterocycles. The number of carbonyl (C=O) groups excluding carboxylic acids is 2. The van der Waals surface area contributed by atoms with E-state index in [1.54, 1.807) is 24.3 Å². The zero-order chi connectivity index (χ0) is 13.2. The van der Waals surface area contributed by atoms with Crippen LogP contribution in [0.15, 0.2) is 33.1 Å². The van der Waals surface area contributed by atoms with E-state index in [0.717, 1.165) is 6.42 Å². The van der Waals surface area contributed by atoms with Gasteiger partial charge in [0.25, 0.3) is 0 Å². The molecular formula is C14H14O4. The van der Waals surface area contributed by atoms with Gasteiger partial charge in [-0.3, -0.25) is 9.59 Å². The second kappa shape index (κ2) is 4.64. The third kappa shape index (κ3) is 1.90. The van der Waals surface area contributed by atoms with Gasteiger partial charge in [0.15, 0.2) is 24.1 Å². The van der Waals surface area contributed by atoms with Crippen LogP contribution in [-0.2, 0) is 5.41 Å². The molecule has 0 aromatic carbocycles. The summed E-state index contributed by atoms with van der Waals surface area (Å²) in [4.78, 5) is 21.3. The highest BCUT2D eigenvalue weighted by molar-refractivity contribution is 5.71. The largest absolute Gasteiger partial charge is 0.457 e. The summed E-state index contributed by atoms with van der Waals surface area (Å²) in [6.07, 6.45) is 2.06. The number of furan rings is 2. The summed E-state index contributed by atoms with van der Waals surface area (Å²) in [5.41, 5.74) is -0.484. The summed E-state index contributed by atoms with van der Waals surface area (Å²) in [6, 6.07) is 6.77. The van der Waals surface area contributed by atoms with Crippen molar-refractivity contribution < 1.29 is 18.4 Å². The molecule has 0 saturated heterocycles. The van der Waals surface area contributed by atoms with E-state index in [2.05, 4.69) is 0 Å². The van der Waals surface area contributed by atoms with E-state index in [4.69, 9.17) is 8.83 Å². The minimum absolute atomic E-state index is 0.284. The van der Waals surface area contributed by atoms with Gasteiger partial charge in [-0.25, -0.2) is 0 Å². The van der Waals surface area contributed by atoms with E-state index < -0.39 is 5.41 Å². The van der Waals surface area contributed by atoms with Crippen LogP contribution in [0.3, 0.4) is 0 Å². The third-order valence-corrected chi connectivity index (χ3v) is 3.28. The molecule has 0 N–H and O–H groups in total. The van der Waals surface area contributed by atoms with Crippen molar-refractivity contribution in [3.05, 3.63) is 47.3 Å². The van der Waals surface area contributed by atoms with Gasteiger partial charge in [-0.15, -0.1) is 0 Å². The van der Waals surface area contributed by atoms with Crippen molar-refractivity contribution >= 4 is 12.6 Å². The molecular weight excluding hydrogens is 232 g/mol. The minimum Gasteiger partial charge on any atom is -0.457 e. The first kappa shape index (κ1) is 12.4. The Labute approximate surface area is 105 Å². The van der Waals surface area contributed by atoms with Crippen LogP contribution in [0.4, 0.5) is 0 Å². The fourth-order valence-corrected chi connectivity index (χ4v) is 1.90. The van der Waals surface area contributed by atoms with E-state index in [9.17, 15) is 9.59 Å². The Morgan fingerprint density at radius 3 is 1.72 bits per heavy atom. The Balaban J connectivity index is 2.46. The molecule has 0 aliphatic rings. The van der Waals surface area contributed by atoms with Crippen molar-refractivity contribution in [3.63, 3.8) is 0 Å². The normalized spacial score (nSPS) is 11.4. The zero-order valence-electron chi connectivity index (χ0n) is 10.3. The van der Waals surface area contributed by atoms with Gasteiger partial charge < -0.3 is 8.83 Å². The van der Waals surface area contributed by atoms with Crippen molar-refractivity contribution in [2.75, 3.05) is 0 Å². The van der Waals surface area contributed by atoms with Crippen molar-refractivity contribution in [1.29, 1.82) is 0 Å². The lowest BCUT2D eigenvalue weighted by molar-refractivity contribution is 0.109. The van der Waals surface area contributed by atoms with Crippen LogP contribution < -0.4 is 0 Å². The maximum atomic E-state index is 10.7. The standard InChI is InChI=1S/C14H14O4/c1-3-14(2,12-6-4-10(8-15)17-12)13-7-5-11(9-16)18-13/h4-9H,3H2,1-2H3. The lowest BCUT2D eigenvalue weighted by Gasteiger charge is -2.23. The molecule has 0 fully saturated rings. The molecule has 0 amide bonds. The van der Waals surface area contributed by atoms with Crippen LogP contribution in [0.5, 0.6) is 0 Å². The summed E-state index contributed by atoms with van der Waals surface area (Å²) < 4.78 is 10.9. The second-order valence-electron chi connectivity index (χ2n) is 4.33. The van der Waals surface area contributed by atoms with Crippen LogP contribution in [0.25, 0.3) is 0 Å². The highest BCUT2D eigenvalue weighted by Gasteiger charge is 2.33. The van der Waals surface area contributed by atoms with Gasteiger partial charge in [-0.2, -0.15) is 0 Å². The van der Waals surface area contributed by atoms with Crippen LogP contribution in [0.2, 0.25) is 0 Å². The molecule has 0 aliphatic carbocycles. The summed E-state index contributed by atoms with van der Waals surface area (Å²) >= 11 is 0. The van der Waals surface area contributed by atoms with Gasteiger partial charge in [0.1, 0.15) is 11.5 Å². The fourth-order valence-electron chi connectivity index (χ4n) is 1.90. The minimum atomic E-state index is -0.484. The molecule has 0 saturated carbocycles. The maximum Gasteiger partial charge on any atom is 0.185 e.